The van der Waals surface area contributed by atoms with Crippen LogP contribution in [0.2, 0.25) is 5.02 Å². The van der Waals surface area contributed by atoms with E-state index in [0.29, 0.717) is 16.4 Å². The molecule has 0 saturated carbocycles. The van der Waals surface area contributed by atoms with Crippen molar-refractivity contribution in [3.63, 3.8) is 0 Å². The zero-order valence-corrected chi connectivity index (χ0v) is 10.8. The molecular formula is C13H8ClN3O3. The molecule has 0 aliphatic heterocycles. The standard InChI is InChI=1S/C13H8ClN3O3/c14-7-2-1-3-8(4-7)20-10-6-16-12-11(17-10)9(5-15-12)13(18)19/h1-6H,(H,15,16)(H,18,19). The van der Waals surface area contributed by atoms with Gasteiger partial charge in [-0.25, -0.2) is 14.8 Å². The number of hydrogen-bond acceptors (Lipinski definition) is 4. The topological polar surface area (TPSA) is 88.1 Å². The van der Waals surface area contributed by atoms with Crippen molar-refractivity contribution in [1.29, 1.82) is 0 Å². The van der Waals surface area contributed by atoms with Crippen LogP contribution in [0.15, 0.2) is 36.7 Å². The van der Waals surface area contributed by atoms with Crippen LogP contribution < -0.4 is 4.74 Å². The van der Waals surface area contributed by atoms with Crippen molar-refractivity contribution in [3.05, 3.63) is 47.2 Å². The maximum atomic E-state index is 11.0. The molecule has 0 fully saturated rings. The van der Waals surface area contributed by atoms with Gasteiger partial charge in [-0.3, -0.25) is 0 Å². The van der Waals surface area contributed by atoms with Crippen molar-refractivity contribution in [2.45, 2.75) is 0 Å². The maximum absolute atomic E-state index is 11.0. The van der Waals surface area contributed by atoms with Crippen molar-refractivity contribution >= 4 is 28.7 Å². The van der Waals surface area contributed by atoms with Crippen molar-refractivity contribution in [1.82, 2.24) is 15.0 Å². The molecule has 2 N–H and O–H groups in total. The van der Waals surface area contributed by atoms with E-state index in [0.717, 1.165) is 0 Å². The summed E-state index contributed by atoms with van der Waals surface area (Å²) in [5, 5.41) is 9.57. The minimum atomic E-state index is -1.08. The molecule has 0 amide bonds. The minimum absolute atomic E-state index is 0.0454. The monoisotopic (exact) mass is 289 g/mol. The second-order valence-electron chi connectivity index (χ2n) is 3.97. The Kier molecular flexibility index (Phi) is 3.00. The summed E-state index contributed by atoms with van der Waals surface area (Å²) < 4.78 is 5.51. The average molecular weight is 290 g/mol. The highest BCUT2D eigenvalue weighted by Gasteiger charge is 2.14. The summed E-state index contributed by atoms with van der Waals surface area (Å²) in [4.78, 5) is 22.0. The van der Waals surface area contributed by atoms with E-state index >= 15 is 0 Å². The minimum Gasteiger partial charge on any atom is -0.478 e. The molecule has 2 aromatic heterocycles. The van der Waals surface area contributed by atoms with Gasteiger partial charge in [0.1, 0.15) is 16.8 Å². The van der Waals surface area contributed by atoms with Crippen LogP contribution in [0.3, 0.4) is 0 Å². The molecule has 3 aromatic rings. The average Bonchev–Trinajstić information content (AvgIpc) is 2.82. The predicted octanol–water partition coefficient (Wildman–Crippen LogP) is 3.10. The number of hydrogen-bond donors (Lipinski definition) is 2. The van der Waals surface area contributed by atoms with Gasteiger partial charge in [-0.15, -0.1) is 0 Å². The van der Waals surface area contributed by atoms with Gasteiger partial charge in [-0.2, -0.15) is 0 Å². The number of benzene rings is 1. The Balaban J connectivity index is 2.00. The molecule has 0 bridgehead atoms. The fourth-order valence-corrected chi connectivity index (χ4v) is 1.92. The number of aromatic nitrogens is 3. The molecule has 0 spiro atoms. The third kappa shape index (κ3) is 2.28. The number of carboxylic acids is 1. The molecule has 0 aliphatic rings. The van der Waals surface area contributed by atoms with E-state index in [1.54, 1.807) is 24.3 Å². The summed E-state index contributed by atoms with van der Waals surface area (Å²) in [7, 11) is 0. The number of aromatic amines is 1. The summed E-state index contributed by atoms with van der Waals surface area (Å²) in [6, 6.07) is 6.80. The second-order valence-corrected chi connectivity index (χ2v) is 4.41. The normalized spacial score (nSPS) is 10.7. The molecule has 20 heavy (non-hydrogen) atoms. The quantitative estimate of drug-likeness (QED) is 0.773. The molecule has 0 unspecified atom stereocenters. The van der Waals surface area contributed by atoms with Crippen LogP contribution >= 0.6 is 11.6 Å². The summed E-state index contributed by atoms with van der Waals surface area (Å²) in [6.45, 7) is 0. The number of H-pyrrole nitrogens is 1. The Morgan fingerprint density at radius 2 is 2.25 bits per heavy atom. The number of halogens is 1. The molecule has 2 heterocycles. The van der Waals surface area contributed by atoms with Crippen molar-refractivity contribution in [2.75, 3.05) is 0 Å². The van der Waals surface area contributed by atoms with Gasteiger partial charge in [-0.1, -0.05) is 17.7 Å². The fourth-order valence-electron chi connectivity index (χ4n) is 1.74. The Bertz CT molecular complexity index is 800. The molecule has 1 aromatic carbocycles. The lowest BCUT2D eigenvalue weighted by molar-refractivity contribution is 0.0699. The van der Waals surface area contributed by atoms with E-state index in [1.807, 2.05) is 0 Å². The van der Waals surface area contributed by atoms with Crippen LogP contribution in [-0.2, 0) is 0 Å². The summed E-state index contributed by atoms with van der Waals surface area (Å²) in [6.07, 6.45) is 2.75. The fraction of sp³-hybridized carbons (Fsp3) is 0. The zero-order valence-electron chi connectivity index (χ0n) is 10.0. The largest absolute Gasteiger partial charge is 0.478 e. The van der Waals surface area contributed by atoms with Crippen molar-refractivity contribution in [2.24, 2.45) is 0 Å². The number of nitrogens with zero attached hydrogens (tertiary/aromatic N) is 2. The summed E-state index contributed by atoms with van der Waals surface area (Å²) in [5.41, 5.74) is 0.682. The van der Waals surface area contributed by atoms with Crippen LogP contribution in [0.4, 0.5) is 0 Å². The zero-order chi connectivity index (χ0) is 14.1. The van der Waals surface area contributed by atoms with Gasteiger partial charge in [0.05, 0.1) is 6.20 Å². The Morgan fingerprint density at radius 3 is 3.00 bits per heavy atom. The summed E-state index contributed by atoms with van der Waals surface area (Å²) in [5.74, 6) is -0.383. The molecule has 0 aliphatic carbocycles. The van der Waals surface area contributed by atoms with E-state index in [2.05, 4.69) is 15.0 Å². The first-order valence-electron chi connectivity index (χ1n) is 5.64. The molecule has 6 nitrogen and oxygen atoms in total. The van der Waals surface area contributed by atoms with E-state index < -0.39 is 5.97 Å². The highest BCUT2D eigenvalue weighted by Crippen LogP contribution is 2.24. The van der Waals surface area contributed by atoms with E-state index in [1.165, 1.54) is 12.4 Å². The summed E-state index contributed by atoms with van der Waals surface area (Å²) >= 11 is 5.86. The van der Waals surface area contributed by atoms with Gasteiger partial charge in [0.25, 0.3) is 0 Å². The number of aromatic carboxylic acids is 1. The van der Waals surface area contributed by atoms with Gasteiger partial charge in [0.15, 0.2) is 5.65 Å². The molecule has 0 saturated heterocycles. The first-order valence-corrected chi connectivity index (χ1v) is 6.02. The number of rotatable bonds is 3. The van der Waals surface area contributed by atoms with Crippen molar-refractivity contribution < 1.29 is 14.6 Å². The molecular weight excluding hydrogens is 282 g/mol. The number of carbonyl (C=O) groups is 1. The van der Waals surface area contributed by atoms with Gasteiger partial charge >= 0.3 is 5.97 Å². The molecule has 0 atom stereocenters. The van der Waals surface area contributed by atoms with Crippen LogP contribution in [-0.4, -0.2) is 26.0 Å². The van der Waals surface area contributed by atoms with E-state index in [4.69, 9.17) is 21.4 Å². The van der Waals surface area contributed by atoms with Crippen molar-refractivity contribution in [3.8, 4) is 11.6 Å². The van der Waals surface area contributed by atoms with E-state index in [-0.39, 0.29) is 17.0 Å². The smallest absolute Gasteiger partial charge is 0.339 e. The molecule has 100 valence electrons. The van der Waals surface area contributed by atoms with Gasteiger partial charge in [0, 0.05) is 11.2 Å². The van der Waals surface area contributed by atoms with Crippen LogP contribution in [0.1, 0.15) is 10.4 Å². The number of nitrogens with one attached hydrogen (secondary N) is 1. The Hall–Kier alpha value is -2.60. The number of ether oxygens (including phenoxy) is 1. The first kappa shape index (κ1) is 12.4. The van der Waals surface area contributed by atoms with Crippen LogP contribution in [0.25, 0.3) is 11.2 Å². The maximum Gasteiger partial charge on any atom is 0.339 e. The van der Waals surface area contributed by atoms with Gasteiger partial charge in [0.2, 0.25) is 5.88 Å². The highest BCUT2D eigenvalue weighted by atomic mass is 35.5. The van der Waals surface area contributed by atoms with E-state index in [9.17, 15) is 4.79 Å². The van der Waals surface area contributed by atoms with Gasteiger partial charge < -0.3 is 14.8 Å². The predicted molar refractivity (Wildman–Crippen MR) is 72.4 cm³/mol. The Morgan fingerprint density at radius 1 is 1.40 bits per heavy atom. The lowest BCUT2D eigenvalue weighted by Gasteiger charge is -2.04. The SMILES string of the molecule is O=C(O)c1c[nH]c2ncc(Oc3cccc(Cl)c3)nc12. The molecule has 3 rings (SSSR count). The second kappa shape index (κ2) is 4.82. The Labute approximate surface area is 118 Å². The van der Waals surface area contributed by atoms with Crippen LogP contribution in [0.5, 0.6) is 11.6 Å². The molecule has 0 radical (unpaired) electrons. The third-order valence-electron chi connectivity index (χ3n) is 2.61. The number of carboxylic acid groups (broad SMARTS) is 1. The van der Waals surface area contributed by atoms with Gasteiger partial charge in [-0.05, 0) is 18.2 Å². The first-order chi connectivity index (χ1) is 9.63. The highest BCUT2D eigenvalue weighted by molar-refractivity contribution is 6.30. The lowest BCUT2D eigenvalue weighted by atomic mass is 10.3. The number of fused-ring (bicyclic) bond motifs is 1. The van der Waals surface area contributed by atoms with Crippen LogP contribution in [0, 0.1) is 0 Å². The lowest BCUT2D eigenvalue weighted by Crippen LogP contribution is -1.96. The third-order valence-corrected chi connectivity index (χ3v) is 2.84. The molecule has 7 heteroatoms.